The second-order valence-electron chi connectivity index (χ2n) is 5.50. The Bertz CT molecular complexity index is 632. The molecule has 0 saturated carbocycles. The van der Waals surface area contributed by atoms with Crippen molar-refractivity contribution in [2.75, 3.05) is 19.6 Å². The van der Waals surface area contributed by atoms with Crippen LogP contribution in [0.4, 0.5) is 13.2 Å². The maximum Gasteiger partial charge on any atom is 0.406 e. The molecular weight excluding hydrogens is 365 g/mol. The summed E-state index contributed by atoms with van der Waals surface area (Å²) in [5.41, 5.74) is 0. The van der Waals surface area contributed by atoms with Gasteiger partial charge in [-0.3, -0.25) is 9.59 Å². The molecule has 0 N–H and O–H groups in total. The lowest BCUT2D eigenvalue weighted by molar-refractivity contribution is -0.157. The van der Waals surface area contributed by atoms with Crippen LogP contribution in [-0.2, 0) is 16.1 Å². The number of carbonyl (C=O) groups is 2. The van der Waals surface area contributed by atoms with Gasteiger partial charge in [0.25, 0.3) is 0 Å². The van der Waals surface area contributed by atoms with Crippen LogP contribution < -0.4 is 0 Å². The van der Waals surface area contributed by atoms with Crippen LogP contribution in [0.2, 0.25) is 4.34 Å². The van der Waals surface area contributed by atoms with Gasteiger partial charge in [-0.25, -0.2) is 0 Å². The van der Waals surface area contributed by atoms with Crippen LogP contribution in [0.1, 0.15) is 11.3 Å². The summed E-state index contributed by atoms with van der Waals surface area (Å²) in [6.45, 7) is 2.59. The molecule has 0 aliphatic carbocycles. The number of halogens is 4. The van der Waals surface area contributed by atoms with E-state index in [0.29, 0.717) is 9.24 Å². The molecular formula is C15H16ClF3N2O2S. The monoisotopic (exact) mass is 380 g/mol. The van der Waals surface area contributed by atoms with Crippen molar-refractivity contribution in [1.82, 2.24) is 9.80 Å². The molecule has 0 aromatic carbocycles. The Labute approximate surface area is 146 Å². The number of hydrogen-bond acceptors (Lipinski definition) is 3. The number of likely N-dealkylation sites (tertiary alicyclic amines) is 1. The number of hydrogen-bond donors (Lipinski definition) is 0. The van der Waals surface area contributed by atoms with Gasteiger partial charge < -0.3 is 9.80 Å². The minimum atomic E-state index is -4.47. The molecule has 2 heterocycles. The SMILES string of the molecule is C=CCN(Cc1ccc(Cl)s1)C(=O)C1CC(=O)N(CC(F)(F)F)C1. The first-order valence-electron chi connectivity index (χ1n) is 7.18. The molecule has 0 spiro atoms. The molecule has 2 rings (SSSR count). The molecule has 1 aliphatic rings. The standard InChI is InChI=1S/C15H16ClF3N2O2S/c1-2-5-20(8-11-3-4-12(16)24-11)14(23)10-6-13(22)21(7-10)9-15(17,18)19/h2-4,10H,1,5-9H2. The summed E-state index contributed by atoms with van der Waals surface area (Å²) in [5, 5.41) is 0. The highest BCUT2D eigenvalue weighted by atomic mass is 35.5. The van der Waals surface area contributed by atoms with Gasteiger partial charge in [0.2, 0.25) is 11.8 Å². The quantitative estimate of drug-likeness (QED) is 0.710. The first kappa shape index (κ1) is 18.8. The molecule has 4 nitrogen and oxygen atoms in total. The van der Waals surface area contributed by atoms with Gasteiger partial charge in [0.1, 0.15) is 6.54 Å². The molecule has 1 unspecified atom stereocenters. The lowest BCUT2D eigenvalue weighted by Crippen LogP contribution is -2.39. The number of alkyl halides is 3. The Kier molecular flexibility index (Phi) is 5.92. The molecule has 132 valence electrons. The predicted molar refractivity (Wildman–Crippen MR) is 85.7 cm³/mol. The highest BCUT2D eigenvalue weighted by Gasteiger charge is 2.41. The second-order valence-corrected chi connectivity index (χ2v) is 7.30. The van der Waals surface area contributed by atoms with Gasteiger partial charge in [0, 0.05) is 24.4 Å². The van der Waals surface area contributed by atoms with E-state index in [-0.39, 0.29) is 32.0 Å². The molecule has 24 heavy (non-hydrogen) atoms. The summed E-state index contributed by atoms with van der Waals surface area (Å²) >= 11 is 7.19. The Morgan fingerprint density at radius 2 is 2.21 bits per heavy atom. The normalized spacial score (nSPS) is 18.1. The number of rotatable bonds is 6. The van der Waals surface area contributed by atoms with E-state index in [4.69, 9.17) is 11.6 Å². The van der Waals surface area contributed by atoms with E-state index in [1.807, 2.05) is 0 Å². The summed E-state index contributed by atoms with van der Waals surface area (Å²) in [6, 6.07) is 3.49. The van der Waals surface area contributed by atoms with Crippen LogP contribution in [0.25, 0.3) is 0 Å². The lowest BCUT2D eigenvalue weighted by Gasteiger charge is -2.24. The maximum atomic E-state index is 12.6. The molecule has 1 atom stereocenters. The van der Waals surface area contributed by atoms with E-state index in [1.54, 1.807) is 12.1 Å². The number of nitrogens with zero attached hydrogens (tertiary/aromatic N) is 2. The summed E-state index contributed by atoms with van der Waals surface area (Å²) in [6.07, 6.45) is -3.13. The first-order valence-corrected chi connectivity index (χ1v) is 8.37. The Morgan fingerprint density at radius 3 is 2.75 bits per heavy atom. The summed E-state index contributed by atoms with van der Waals surface area (Å²) in [7, 11) is 0. The number of thiophene rings is 1. The summed E-state index contributed by atoms with van der Waals surface area (Å²) < 4.78 is 38.0. The molecule has 1 aliphatic heterocycles. The zero-order valence-electron chi connectivity index (χ0n) is 12.7. The molecule has 0 radical (unpaired) electrons. The van der Waals surface area contributed by atoms with Crippen molar-refractivity contribution >= 4 is 34.8 Å². The van der Waals surface area contributed by atoms with E-state index in [2.05, 4.69) is 6.58 Å². The van der Waals surface area contributed by atoms with Crippen LogP contribution in [-0.4, -0.2) is 47.4 Å². The van der Waals surface area contributed by atoms with Crippen molar-refractivity contribution in [2.24, 2.45) is 5.92 Å². The van der Waals surface area contributed by atoms with E-state index in [9.17, 15) is 22.8 Å². The van der Waals surface area contributed by atoms with E-state index >= 15 is 0 Å². The van der Waals surface area contributed by atoms with Crippen LogP contribution in [0.5, 0.6) is 0 Å². The highest BCUT2D eigenvalue weighted by Crippen LogP contribution is 2.27. The molecule has 1 saturated heterocycles. The van der Waals surface area contributed by atoms with E-state index in [1.165, 1.54) is 22.3 Å². The van der Waals surface area contributed by atoms with Crippen LogP contribution >= 0.6 is 22.9 Å². The Morgan fingerprint density at radius 1 is 1.50 bits per heavy atom. The third-order valence-corrected chi connectivity index (χ3v) is 4.79. The Balaban J connectivity index is 2.04. The van der Waals surface area contributed by atoms with Crippen molar-refractivity contribution in [3.05, 3.63) is 34.0 Å². The van der Waals surface area contributed by atoms with Gasteiger partial charge >= 0.3 is 6.18 Å². The minimum absolute atomic E-state index is 0.201. The molecule has 1 fully saturated rings. The summed E-state index contributed by atoms with van der Waals surface area (Å²) in [4.78, 5) is 27.3. The molecule has 9 heteroatoms. The van der Waals surface area contributed by atoms with Crippen LogP contribution in [0.3, 0.4) is 0 Å². The molecule has 1 aromatic rings. The van der Waals surface area contributed by atoms with Gasteiger partial charge in [-0.15, -0.1) is 17.9 Å². The van der Waals surface area contributed by atoms with Gasteiger partial charge in [-0.2, -0.15) is 13.2 Å². The number of carbonyl (C=O) groups excluding carboxylic acids is 2. The van der Waals surface area contributed by atoms with Gasteiger partial charge in [0.05, 0.1) is 16.8 Å². The van der Waals surface area contributed by atoms with Gasteiger partial charge in [-0.1, -0.05) is 17.7 Å². The minimum Gasteiger partial charge on any atom is -0.334 e. The Hall–Kier alpha value is -1.54. The van der Waals surface area contributed by atoms with Crippen molar-refractivity contribution < 1.29 is 22.8 Å². The first-order chi connectivity index (χ1) is 11.2. The van der Waals surface area contributed by atoms with Crippen LogP contribution in [0, 0.1) is 5.92 Å². The summed E-state index contributed by atoms with van der Waals surface area (Å²) in [5.74, 6) is -1.77. The molecule has 2 amide bonds. The molecule has 1 aromatic heterocycles. The zero-order chi connectivity index (χ0) is 17.9. The van der Waals surface area contributed by atoms with Crippen molar-refractivity contribution in [3.63, 3.8) is 0 Å². The predicted octanol–water partition coefficient (Wildman–Crippen LogP) is 3.33. The van der Waals surface area contributed by atoms with Gasteiger partial charge in [-0.05, 0) is 12.1 Å². The van der Waals surface area contributed by atoms with Crippen molar-refractivity contribution in [2.45, 2.75) is 19.1 Å². The van der Waals surface area contributed by atoms with Crippen LogP contribution in [0.15, 0.2) is 24.8 Å². The topological polar surface area (TPSA) is 40.6 Å². The third kappa shape index (κ3) is 4.98. The van der Waals surface area contributed by atoms with E-state index < -0.39 is 24.5 Å². The average Bonchev–Trinajstić information content (AvgIpc) is 3.03. The van der Waals surface area contributed by atoms with Gasteiger partial charge in [0.15, 0.2) is 0 Å². The third-order valence-electron chi connectivity index (χ3n) is 3.57. The second kappa shape index (κ2) is 7.57. The smallest absolute Gasteiger partial charge is 0.334 e. The largest absolute Gasteiger partial charge is 0.406 e. The maximum absolute atomic E-state index is 12.6. The average molecular weight is 381 g/mol. The zero-order valence-corrected chi connectivity index (χ0v) is 14.3. The van der Waals surface area contributed by atoms with Crippen molar-refractivity contribution in [3.8, 4) is 0 Å². The number of amides is 2. The highest BCUT2D eigenvalue weighted by molar-refractivity contribution is 7.16. The van der Waals surface area contributed by atoms with Crippen molar-refractivity contribution in [1.29, 1.82) is 0 Å². The fraction of sp³-hybridized carbons (Fsp3) is 0.467. The van der Waals surface area contributed by atoms with E-state index in [0.717, 1.165) is 4.88 Å². The lowest BCUT2D eigenvalue weighted by atomic mass is 10.1. The molecule has 0 bridgehead atoms. The fourth-order valence-corrected chi connectivity index (χ4v) is 3.68. The fourth-order valence-electron chi connectivity index (χ4n) is 2.58.